The number of likely N-dealkylation sites (N-methyl/N-ethyl adjacent to an activating group) is 1. The highest BCUT2D eigenvalue weighted by Gasteiger charge is 2.12. The SMILES string of the molecule is CN=Cc1ccc(N2CCCN(C)CC2)cc1C. The molecule has 3 heteroatoms. The third-order valence-corrected chi connectivity index (χ3v) is 3.61. The average Bonchev–Trinajstić information content (AvgIpc) is 2.57. The molecule has 0 spiro atoms. The third-order valence-electron chi connectivity index (χ3n) is 3.61. The van der Waals surface area contributed by atoms with Crippen LogP contribution in [0.5, 0.6) is 0 Å². The summed E-state index contributed by atoms with van der Waals surface area (Å²) in [6.45, 7) is 6.79. The molecule has 1 aromatic rings. The van der Waals surface area contributed by atoms with Gasteiger partial charge in [-0.2, -0.15) is 0 Å². The van der Waals surface area contributed by atoms with Gasteiger partial charge in [-0.3, -0.25) is 4.99 Å². The summed E-state index contributed by atoms with van der Waals surface area (Å²) >= 11 is 0. The van der Waals surface area contributed by atoms with Gasteiger partial charge in [0.15, 0.2) is 0 Å². The molecule has 0 saturated carbocycles. The molecule has 0 unspecified atom stereocenters. The molecule has 1 aromatic carbocycles. The summed E-state index contributed by atoms with van der Waals surface area (Å²) in [6, 6.07) is 6.67. The zero-order valence-electron chi connectivity index (χ0n) is 11.7. The lowest BCUT2D eigenvalue weighted by molar-refractivity contribution is 0.360. The van der Waals surface area contributed by atoms with Crippen molar-refractivity contribution < 1.29 is 0 Å². The first-order valence-corrected chi connectivity index (χ1v) is 6.67. The normalized spacial score (nSPS) is 18.3. The Hall–Kier alpha value is -1.35. The monoisotopic (exact) mass is 245 g/mol. The van der Waals surface area contributed by atoms with Crippen LogP contribution in [0.1, 0.15) is 17.5 Å². The Bertz CT molecular complexity index is 426. The van der Waals surface area contributed by atoms with E-state index in [9.17, 15) is 0 Å². The number of hydrogen-bond acceptors (Lipinski definition) is 3. The van der Waals surface area contributed by atoms with E-state index in [2.05, 4.69) is 47.0 Å². The smallest absolute Gasteiger partial charge is 0.0369 e. The molecule has 1 aliphatic rings. The standard InChI is InChI=1S/C15H23N3/c1-13-11-15(6-5-14(13)12-16-2)18-8-4-7-17(3)9-10-18/h5-6,11-12H,4,7-10H2,1-3H3. The number of aliphatic imine (C=N–C) groups is 1. The van der Waals surface area contributed by atoms with E-state index in [1.807, 2.05) is 13.3 Å². The Morgan fingerprint density at radius 3 is 2.72 bits per heavy atom. The fourth-order valence-corrected chi connectivity index (χ4v) is 2.45. The molecule has 1 saturated heterocycles. The van der Waals surface area contributed by atoms with Gasteiger partial charge in [-0.05, 0) is 50.2 Å². The van der Waals surface area contributed by atoms with Crippen molar-refractivity contribution in [3.05, 3.63) is 29.3 Å². The maximum atomic E-state index is 4.09. The molecular formula is C15H23N3. The highest BCUT2D eigenvalue weighted by Crippen LogP contribution is 2.19. The van der Waals surface area contributed by atoms with Crippen LogP contribution in [0.4, 0.5) is 5.69 Å². The Morgan fingerprint density at radius 1 is 1.17 bits per heavy atom. The van der Waals surface area contributed by atoms with Crippen LogP contribution in [-0.4, -0.2) is 51.4 Å². The highest BCUT2D eigenvalue weighted by molar-refractivity contribution is 5.82. The fraction of sp³-hybridized carbons (Fsp3) is 0.533. The number of rotatable bonds is 2. The second-order valence-corrected chi connectivity index (χ2v) is 5.07. The van der Waals surface area contributed by atoms with Gasteiger partial charge in [0.1, 0.15) is 0 Å². The van der Waals surface area contributed by atoms with Crippen molar-refractivity contribution >= 4 is 11.9 Å². The van der Waals surface area contributed by atoms with Gasteiger partial charge in [0.25, 0.3) is 0 Å². The summed E-state index contributed by atoms with van der Waals surface area (Å²) in [6.07, 6.45) is 3.17. The van der Waals surface area contributed by atoms with Crippen LogP contribution in [0.25, 0.3) is 0 Å². The first-order chi connectivity index (χ1) is 8.70. The van der Waals surface area contributed by atoms with Gasteiger partial charge in [-0.1, -0.05) is 6.07 Å². The number of hydrogen-bond donors (Lipinski definition) is 0. The molecule has 1 fully saturated rings. The number of aryl methyl sites for hydroxylation is 1. The molecule has 98 valence electrons. The van der Waals surface area contributed by atoms with Crippen LogP contribution in [0.15, 0.2) is 23.2 Å². The topological polar surface area (TPSA) is 18.8 Å². The maximum Gasteiger partial charge on any atom is 0.0369 e. The number of benzene rings is 1. The van der Waals surface area contributed by atoms with Crippen molar-refractivity contribution in [3.8, 4) is 0 Å². The van der Waals surface area contributed by atoms with Crippen LogP contribution >= 0.6 is 0 Å². The maximum absolute atomic E-state index is 4.09. The molecule has 0 amide bonds. The van der Waals surface area contributed by atoms with Crippen molar-refractivity contribution in [1.82, 2.24) is 4.90 Å². The lowest BCUT2D eigenvalue weighted by Crippen LogP contribution is -2.28. The summed E-state index contributed by atoms with van der Waals surface area (Å²) in [4.78, 5) is 8.99. The molecule has 1 heterocycles. The van der Waals surface area contributed by atoms with Crippen LogP contribution in [0.2, 0.25) is 0 Å². The van der Waals surface area contributed by atoms with Gasteiger partial charge < -0.3 is 9.80 Å². The second kappa shape index (κ2) is 6.01. The van der Waals surface area contributed by atoms with Crippen LogP contribution in [0, 0.1) is 6.92 Å². The zero-order valence-corrected chi connectivity index (χ0v) is 11.7. The molecule has 2 rings (SSSR count). The third kappa shape index (κ3) is 3.10. The van der Waals surface area contributed by atoms with E-state index >= 15 is 0 Å². The minimum Gasteiger partial charge on any atom is -0.370 e. The van der Waals surface area contributed by atoms with Gasteiger partial charge in [-0.25, -0.2) is 0 Å². The van der Waals surface area contributed by atoms with Crippen molar-refractivity contribution in [2.75, 3.05) is 45.2 Å². The van der Waals surface area contributed by atoms with Crippen molar-refractivity contribution in [2.45, 2.75) is 13.3 Å². The van der Waals surface area contributed by atoms with Crippen LogP contribution < -0.4 is 4.90 Å². The van der Waals surface area contributed by atoms with E-state index < -0.39 is 0 Å². The van der Waals surface area contributed by atoms with Gasteiger partial charge in [0.2, 0.25) is 0 Å². The van der Waals surface area contributed by atoms with Gasteiger partial charge >= 0.3 is 0 Å². The number of nitrogens with zero attached hydrogens (tertiary/aromatic N) is 3. The summed E-state index contributed by atoms with van der Waals surface area (Å²) in [5.74, 6) is 0. The minimum atomic E-state index is 1.12. The summed E-state index contributed by atoms with van der Waals surface area (Å²) in [5.41, 5.74) is 3.86. The first kappa shape index (κ1) is 13.1. The molecule has 0 aliphatic carbocycles. The Balaban J connectivity index is 2.15. The Morgan fingerprint density at radius 2 is 2.00 bits per heavy atom. The van der Waals surface area contributed by atoms with E-state index in [1.54, 1.807) is 0 Å². The lowest BCUT2D eigenvalue weighted by Gasteiger charge is -2.23. The minimum absolute atomic E-state index is 1.12. The van der Waals surface area contributed by atoms with E-state index in [4.69, 9.17) is 0 Å². The van der Waals surface area contributed by atoms with Crippen molar-refractivity contribution in [2.24, 2.45) is 4.99 Å². The van der Waals surface area contributed by atoms with Crippen LogP contribution in [-0.2, 0) is 0 Å². The van der Waals surface area contributed by atoms with Gasteiger partial charge in [-0.15, -0.1) is 0 Å². The van der Waals surface area contributed by atoms with Gasteiger partial charge in [0.05, 0.1) is 0 Å². The Kier molecular flexibility index (Phi) is 4.37. The fourth-order valence-electron chi connectivity index (χ4n) is 2.45. The summed E-state index contributed by atoms with van der Waals surface area (Å²) < 4.78 is 0. The van der Waals surface area contributed by atoms with Gasteiger partial charge in [0, 0.05) is 38.6 Å². The largest absolute Gasteiger partial charge is 0.370 e. The summed E-state index contributed by atoms with van der Waals surface area (Å²) in [5, 5.41) is 0. The average molecular weight is 245 g/mol. The molecule has 0 bridgehead atoms. The quantitative estimate of drug-likeness (QED) is 0.744. The van der Waals surface area contributed by atoms with Crippen molar-refractivity contribution in [3.63, 3.8) is 0 Å². The van der Waals surface area contributed by atoms with E-state index in [-0.39, 0.29) is 0 Å². The second-order valence-electron chi connectivity index (χ2n) is 5.07. The molecule has 18 heavy (non-hydrogen) atoms. The van der Waals surface area contributed by atoms with Crippen molar-refractivity contribution in [1.29, 1.82) is 0 Å². The zero-order chi connectivity index (χ0) is 13.0. The highest BCUT2D eigenvalue weighted by atomic mass is 15.2. The lowest BCUT2D eigenvalue weighted by atomic mass is 10.1. The molecule has 0 radical (unpaired) electrons. The molecule has 0 atom stereocenters. The van der Waals surface area contributed by atoms with E-state index in [0.29, 0.717) is 0 Å². The van der Waals surface area contributed by atoms with E-state index in [0.717, 1.165) is 19.6 Å². The predicted molar refractivity (Wildman–Crippen MR) is 79.0 cm³/mol. The molecular weight excluding hydrogens is 222 g/mol. The predicted octanol–water partition coefficient (Wildman–Crippen LogP) is 2.19. The Labute approximate surface area is 110 Å². The molecule has 1 aliphatic heterocycles. The van der Waals surface area contributed by atoms with Crippen LogP contribution in [0.3, 0.4) is 0 Å². The first-order valence-electron chi connectivity index (χ1n) is 6.67. The summed E-state index contributed by atoms with van der Waals surface area (Å²) in [7, 11) is 4.02. The molecule has 0 N–H and O–H groups in total. The molecule has 0 aromatic heterocycles. The molecule has 3 nitrogen and oxygen atoms in total. The number of anilines is 1. The van der Waals surface area contributed by atoms with E-state index in [1.165, 1.54) is 29.8 Å².